The van der Waals surface area contributed by atoms with Crippen molar-refractivity contribution in [2.75, 3.05) is 4.90 Å². The SMILES string of the molecule is CC1(C)c2ccccc2-c2ccc(-c3ccc(N4c5ccc(-c6ccc7c(c6)c6ccccc6n7-c6ccccc6)cc5C(C)(C)c5cc(-c6ccc7c(c6)c6ccccc6n7-c6ccccc6)ccc54)cc3)cc21. The van der Waals surface area contributed by atoms with Crippen LogP contribution in [0.1, 0.15) is 49.9 Å². The van der Waals surface area contributed by atoms with E-state index < -0.39 is 0 Å². The Morgan fingerprint density at radius 2 is 0.640 bits per heavy atom. The lowest BCUT2D eigenvalue weighted by molar-refractivity contribution is 0.632. The lowest BCUT2D eigenvalue weighted by atomic mass is 9.72. The maximum atomic E-state index is 2.50. The minimum Gasteiger partial charge on any atom is -0.310 e. The number of anilines is 3. The van der Waals surface area contributed by atoms with E-state index in [0.29, 0.717) is 0 Å². The molecular formula is C72H53N3. The normalized spacial score (nSPS) is 14.1. The Kier molecular flexibility index (Phi) is 9.35. The lowest BCUT2D eigenvalue weighted by Crippen LogP contribution is -2.30. The maximum Gasteiger partial charge on any atom is 0.0541 e. The maximum absolute atomic E-state index is 2.50. The zero-order valence-corrected chi connectivity index (χ0v) is 42.5. The molecule has 3 heteroatoms. The number of rotatable bonds is 6. The van der Waals surface area contributed by atoms with Gasteiger partial charge in [0.05, 0.1) is 33.4 Å². The van der Waals surface area contributed by atoms with Crippen LogP contribution in [-0.2, 0) is 10.8 Å². The summed E-state index contributed by atoms with van der Waals surface area (Å²) in [6.07, 6.45) is 0. The van der Waals surface area contributed by atoms with Crippen LogP contribution in [0, 0.1) is 0 Å². The zero-order chi connectivity index (χ0) is 50.2. The predicted molar refractivity (Wildman–Crippen MR) is 316 cm³/mol. The third kappa shape index (κ3) is 6.47. The van der Waals surface area contributed by atoms with E-state index in [1.807, 2.05) is 0 Å². The van der Waals surface area contributed by atoms with Gasteiger partial charge in [-0.15, -0.1) is 0 Å². The van der Waals surface area contributed by atoms with Gasteiger partial charge in [-0.25, -0.2) is 0 Å². The van der Waals surface area contributed by atoms with Crippen LogP contribution in [0.3, 0.4) is 0 Å². The topological polar surface area (TPSA) is 13.1 Å². The Labute approximate surface area is 437 Å². The Hall–Kier alpha value is -9.18. The summed E-state index contributed by atoms with van der Waals surface area (Å²) in [5.41, 5.74) is 25.6. The van der Waals surface area contributed by atoms with Crippen molar-refractivity contribution in [1.29, 1.82) is 0 Å². The summed E-state index contributed by atoms with van der Waals surface area (Å²) < 4.78 is 4.79. The van der Waals surface area contributed by atoms with Crippen LogP contribution in [0.2, 0.25) is 0 Å². The molecule has 1 aliphatic heterocycles. The molecule has 75 heavy (non-hydrogen) atoms. The highest BCUT2D eigenvalue weighted by atomic mass is 15.2. The van der Waals surface area contributed by atoms with E-state index in [1.165, 1.54) is 133 Å². The van der Waals surface area contributed by atoms with Gasteiger partial charge in [0, 0.05) is 49.4 Å². The molecule has 1 aliphatic carbocycles. The minimum absolute atomic E-state index is 0.0623. The predicted octanol–water partition coefficient (Wildman–Crippen LogP) is 19.3. The number of benzene rings is 11. The molecule has 15 rings (SSSR count). The second-order valence-electron chi connectivity index (χ2n) is 21.7. The van der Waals surface area contributed by atoms with Crippen molar-refractivity contribution in [1.82, 2.24) is 9.13 Å². The van der Waals surface area contributed by atoms with Gasteiger partial charge < -0.3 is 14.0 Å². The number of fused-ring (bicyclic) bond motifs is 11. The number of nitrogens with zero attached hydrogens (tertiary/aromatic N) is 3. The van der Waals surface area contributed by atoms with Gasteiger partial charge >= 0.3 is 0 Å². The summed E-state index contributed by atoms with van der Waals surface area (Å²) in [5, 5.41) is 5.01. The molecule has 13 aromatic rings. The van der Waals surface area contributed by atoms with Crippen molar-refractivity contribution < 1.29 is 0 Å². The fourth-order valence-electron chi connectivity index (χ4n) is 13.1. The van der Waals surface area contributed by atoms with Crippen molar-refractivity contribution in [3.63, 3.8) is 0 Å². The molecule has 2 aliphatic rings. The highest BCUT2D eigenvalue weighted by molar-refractivity contribution is 6.12. The van der Waals surface area contributed by atoms with Gasteiger partial charge in [-0.2, -0.15) is 0 Å². The Balaban J connectivity index is 0.874. The average Bonchev–Trinajstić information content (AvgIpc) is 4.07. The fourth-order valence-corrected chi connectivity index (χ4v) is 13.1. The van der Waals surface area contributed by atoms with Gasteiger partial charge in [0.2, 0.25) is 0 Å². The van der Waals surface area contributed by atoms with Gasteiger partial charge in [0.25, 0.3) is 0 Å². The van der Waals surface area contributed by atoms with E-state index >= 15 is 0 Å². The van der Waals surface area contributed by atoms with E-state index in [-0.39, 0.29) is 10.8 Å². The molecule has 356 valence electrons. The molecule has 11 aromatic carbocycles. The Morgan fingerprint density at radius 3 is 1.20 bits per heavy atom. The van der Waals surface area contributed by atoms with Crippen LogP contribution in [0.5, 0.6) is 0 Å². The van der Waals surface area contributed by atoms with Gasteiger partial charge in [-0.3, -0.25) is 0 Å². The molecule has 0 bridgehead atoms. The highest BCUT2D eigenvalue weighted by Crippen LogP contribution is 2.55. The third-order valence-corrected chi connectivity index (χ3v) is 16.9. The number of aromatic nitrogens is 2. The molecule has 0 N–H and O–H groups in total. The zero-order valence-electron chi connectivity index (χ0n) is 42.5. The first-order valence-corrected chi connectivity index (χ1v) is 26.3. The smallest absolute Gasteiger partial charge is 0.0541 e. The molecule has 0 atom stereocenters. The van der Waals surface area contributed by atoms with Crippen LogP contribution >= 0.6 is 0 Å². The van der Waals surface area contributed by atoms with Gasteiger partial charge in [-0.1, -0.05) is 173 Å². The van der Waals surface area contributed by atoms with E-state index in [9.17, 15) is 0 Å². The summed E-state index contributed by atoms with van der Waals surface area (Å²) >= 11 is 0. The van der Waals surface area contributed by atoms with E-state index in [4.69, 9.17) is 0 Å². The molecular weight excluding hydrogens is 907 g/mol. The van der Waals surface area contributed by atoms with Crippen LogP contribution in [-0.4, -0.2) is 9.13 Å². The van der Waals surface area contributed by atoms with Gasteiger partial charge in [-0.05, 0) is 170 Å². The first kappa shape index (κ1) is 43.4. The van der Waals surface area contributed by atoms with Crippen LogP contribution in [0.25, 0.3) is 99.5 Å². The number of para-hydroxylation sites is 4. The summed E-state index contributed by atoms with van der Waals surface area (Å²) in [5.74, 6) is 0. The quantitative estimate of drug-likeness (QED) is 0.162. The van der Waals surface area contributed by atoms with Crippen LogP contribution < -0.4 is 4.90 Å². The van der Waals surface area contributed by atoms with E-state index in [1.54, 1.807) is 0 Å². The second-order valence-corrected chi connectivity index (χ2v) is 21.7. The molecule has 0 unspecified atom stereocenters. The fraction of sp³-hybridized carbons (Fsp3) is 0.0833. The van der Waals surface area contributed by atoms with Crippen LogP contribution in [0.4, 0.5) is 17.1 Å². The molecule has 0 radical (unpaired) electrons. The molecule has 0 saturated carbocycles. The molecule has 0 saturated heterocycles. The molecule has 0 amide bonds. The largest absolute Gasteiger partial charge is 0.310 e. The first-order valence-electron chi connectivity index (χ1n) is 26.3. The van der Waals surface area contributed by atoms with E-state index in [2.05, 4.69) is 290 Å². The molecule has 0 spiro atoms. The Morgan fingerprint density at radius 1 is 0.253 bits per heavy atom. The van der Waals surface area contributed by atoms with Crippen LogP contribution in [0.15, 0.2) is 249 Å². The highest BCUT2D eigenvalue weighted by Gasteiger charge is 2.38. The summed E-state index contributed by atoms with van der Waals surface area (Å²) in [4.78, 5) is 2.50. The molecule has 0 fully saturated rings. The monoisotopic (exact) mass is 959 g/mol. The number of hydrogen-bond donors (Lipinski definition) is 0. The molecule has 3 heterocycles. The van der Waals surface area contributed by atoms with Gasteiger partial charge in [0.1, 0.15) is 0 Å². The first-order chi connectivity index (χ1) is 36.7. The van der Waals surface area contributed by atoms with Crippen molar-refractivity contribution in [3.05, 3.63) is 271 Å². The standard InChI is InChI=1S/C72H53N3/c1-71(2)61-24-14-11-21-55(61)56-36-29-49(43-62(56)71)46-27-34-54(35-28-46)75-69-39-32-50(47-30-37-67-59(41-47)57-22-12-15-25-65(57)73(67)52-17-7-5-8-18-52)44-63(69)72(3,4)64-45-51(33-40-70(64)75)48-31-38-68-60(42-48)58-23-13-16-26-66(58)74(68)53-19-9-6-10-20-53/h5-45H,1-4H3. The number of hydrogen-bond acceptors (Lipinski definition) is 1. The lowest BCUT2D eigenvalue weighted by Gasteiger charge is -2.42. The Bertz CT molecular complexity index is 4240. The summed E-state index contributed by atoms with van der Waals surface area (Å²) in [6.45, 7) is 9.55. The third-order valence-electron chi connectivity index (χ3n) is 16.9. The second kappa shape index (κ2) is 16.2. The van der Waals surface area contributed by atoms with Gasteiger partial charge in [0.15, 0.2) is 0 Å². The summed E-state index contributed by atoms with van der Waals surface area (Å²) in [7, 11) is 0. The molecule has 2 aromatic heterocycles. The summed E-state index contributed by atoms with van der Waals surface area (Å²) in [6, 6.07) is 92.7. The molecule has 3 nitrogen and oxygen atoms in total. The average molecular weight is 960 g/mol. The van der Waals surface area contributed by atoms with Crippen molar-refractivity contribution >= 4 is 60.7 Å². The van der Waals surface area contributed by atoms with E-state index in [0.717, 1.165) is 5.69 Å². The minimum atomic E-state index is -0.344. The van der Waals surface area contributed by atoms with Crippen molar-refractivity contribution in [2.24, 2.45) is 0 Å². The van der Waals surface area contributed by atoms with Crippen molar-refractivity contribution in [3.8, 4) is 55.9 Å². The van der Waals surface area contributed by atoms with Crippen molar-refractivity contribution in [2.45, 2.75) is 38.5 Å².